The number of Topliss-reactive ketones (excluding diaryl/α,β-unsaturated/α-hetero) is 1. The van der Waals surface area contributed by atoms with Crippen LogP contribution in [0.4, 0.5) is 13.2 Å². The molecule has 1 fully saturated rings. The van der Waals surface area contributed by atoms with Gasteiger partial charge in [0.05, 0.1) is 31.8 Å². The maximum Gasteiger partial charge on any atom is 0.417 e. The molecule has 2 aliphatic heterocycles. The van der Waals surface area contributed by atoms with Crippen LogP contribution >= 0.6 is 0 Å². The van der Waals surface area contributed by atoms with Crippen molar-refractivity contribution >= 4 is 11.7 Å². The van der Waals surface area contributed by atoms with Crippen LogP contribution in [0, 0.1) is 0 Å². The van der Waals surface area contributed by atoms with Gasteiger partial charge in [-0.2, -0.15) is 13.2 Å². The van der Waals surface area contributed by atoms with E-state index in [2.05, 4.69) is 0 Å². The van der Waals surface area contributed by atoms with Crippen molar-refractivity contribution in [1.82, 2.24) is 4.90 Å². The quantitative estimate of drug-likeness (QED) is 0.697. The van der Waals surface area contributed by atoms with Crippen LogP contribution < -0.4 is 14.2 Å². The van der Waals surface area contributed by atoms with Gasteiger partial charge in [0.1, 0.15) is 28.4 Å². The number of carbonyl (C=O) groups is 2. The number of halogens is 3. The minimum atomic E-state index is -4.62. The molecule has 6 nitrogen and oxygen atoms in total. The number of alkyl halides is 3. The smallest absolute Gasteiger partial charge is 0.417 e. The minimum Gasteiger partial charge on any atom is -0.496 e. The van der Waals surface area contributed by atoms with Crippen molar-refractivity contribution in [2.45, 2.75) is 31.0 Å². The van der Waals surface area contributed by atoms with Gasteiger partial charge >= 0.3 is 6.18 Å². The third-order valence-corrected chi connectivity index (χ3v) is 6.01. The van der Waals surface area contributed by atoms with Gasteiger partial charge in [-0.25, -0.2) is 0 Å². The highest BCUT2D eigenvalue weighted by Crippen LogP contribution is 2.45. The first-order valence-electron chi connectivity index (χ1n) is 10.1. The lowest BCUT2D eigenvalue weighted by molar-refractivity contribution is -0.138. The molecular formula is C23H22F3NO5. The number of ether oxygens (including phenoxy) is 3. The normalized spacial score (nSPS) is 17.5. The van der Waals surface area contributed by atoms with Gasteiger partial charge in [0, 0.05) is 38.1 Å². The van der Waals surface area contributed by atoms with E-state index in [0.717, 1.165) is 6.07 Å². The highest BCUT2D eigenvalue weighted by Gasteiger charge is 2.45. The van der Waals surface area contributed by atoms with Crippen LogP contribution in [0.1, 0.15) is 45.5 Å². The van der Waals surface area contributed by atoms with E-state index in [9.17, 15) is 22.8 Å². The summed E-state index contributed by atoms with van der Waals surface area (Å²) in [5.74, 6) is 0.351. The van der Waals surface area contributed by atoms with Crippen LogP contribution in [0.3, 0.4) is 0 Å². The molecule has 0 aliphatic carbocycles. The van der Waals surface area contributed by atoms with Crippen LogP contribution in [-0.4, -0.2) is 49.5 Å². The highest BCUT2D eigenvalue weighted by molar-refractivity contribution is 6.03. The summed E-state index contributed by atoms with van der Waals surface area (Å²) in [5, 5.41) is 0. The van der Waals surface area contributed by atoms with Gasteiger partial charge in [-0.05, 0) is 12.1 Å². The van der Waals surface area contributed by atoms with Gasteiger partial charge in [0.25, 0.3) is 5.91 Å². The maximum absolute atomic E-state index is 13.3. The van der Waals surface area contributed by atoms with Crippen LogP contribution in [0.2, 0.25) is 0 Å². The van der Waals surface area contributed by atoms with Crippen molar-refractivity contribution in [3.63, 3.8) is 0 Å². The van der Waals surface area contributed by atoms with Crippen molar-refractivity contribution in [2.75, 3.05) is 27.3 Å². The number of hydrogen-bond donors (Lipinski definition) is 0. The van der Waals surface area contributed by atoms with E-state index in [1.807, 2.05) is 0 Å². The molecule has 0 atom stereocenters. The first kappa shape index (κ1) is 22.0. The molecule has 0 bridgehead atoms. The molecule has 1 amide bonds. The summed E-state index contributed by atoms with van der Waals surface area (Å²) in [6, 6.07) is 7.98. The van der Waals surface area contributed by atoms with Crippen molar-refractivity contribution in [3.8, 4) is 17.2 Å². The molecular weight excluding hydrogens is 427 g/mol. The fourth-order valence-corrected chi connectivity index (χ4v) is 4.33. The third kappa shape index (κ3) is 3.87. The number of nitrogens with zero attached hydrogens (tertiary/aromatic N) is 1. The Hall–Kier alpha value is -3.23. The Bertz CT molecular complexity index is 1060. The number of ketones is 1. The van der Waals surface area contributed by atoms with E-state index in [1.54, 1.807) is 12.1 Å². The number of hydrogen-bond acceptors (Lipinski definition) is 5. The maximum atomic E-state index is 13.3. The van der Waals surface area contributed by atoms with Crippen LogP contribution in [0.15, 0.2) is 36.4 Å². The monoisotopic (exact) mass is 449 g/mol. The summed E-state index contributed by atoms with van der Waals surface area (Å²) < 4.78 is 56.8. The molecule has 170 valence electrons. The van der Waals surface area contributed by atoms with Crippen molar-refractivity contribution in [3.05, 3.63) is 53.1 Å². The van der Waals surface area contributed by atoms with E-state index < -0.39 is 23.2 Å². The summed E-state index contributed by atoms with van der Waals surface area (Å²) in [6.07, 6.45) is -3.89. The number of likely N-dealkylation sites (tertiary alicyclic amines) is 1. The van der Waals surface area contributed by atoms with E-state index in [4.69, 9.17) is 14.2 Å². The molecule has 2 heterocycles. The topological polar surface area (TPSA) is 65.1 Å². The molecule has 0 N–H and O–H groups in total. The summed E-state index contributed by atoms with van der Waals surface area (Å²) in [7, 11) is 2.94. The number of carbonyl (C=O) groups excluding carboxylic acids is 2. The Morgan fingerprint density at radius 3 is 2.41 bits per heavy atom. The number of benzene rings is 2. The first-order chi connectivity index (χ1) is 15.2. The van der Waals surface area contributed by atoms with Gasteiger partial charge in [0.2, 0.25) is 0 Å². The fraction of sp³-hybridized carbons (Fsp3) is 0.391. The number of methoxy groups -OCH3 is 2. The van der Waals surface area contributed by atoms with E-state index in [-0.39, 0.29) is 30.9 Å². The van der Waals surface area contributed by atoms with Crippen molar-refractivity contribution in [1.29, 1.82) is 0 Å². The van der Waals surface area contributed by atoms with Gasteiger partial charge in [-0.1, -0.05) is 12.1 Å². The van der Waals surface area contributed by atoms with Crippen LogP contribution in [0.25, 0.3) is 0 Å². The SMILES string of the molecule is COc1cc(OC)c2c(c1)OC1(CCN(C(=O)c3ccccc3C(F)(F)F)CC1)CC2=O. The summed E-state index contributed by atoms with van der Waals surface area (Å²) in [4.78, 5) is 27.2. The predicted molar refractivity (Wildman–Crippen MR) is 108 cm³/mol. The molecule has 1 spiro atoms. The zero-order valence-electron chi connectivity index (χ0n) is 17.6. The molecule has 1 saturated heterocycles. The molecule has 9 heteroatoms. The minimum absolute atomic E-state index is 0.101. The van der Waals surface area contributed by atoms with Gasteiger partial charge in [-0.15, -0.1) is 0 Å². The van der Waals surface area contributed by atoms with E-state index in [0.29, 0.717) is 35.7 Å². The second-order valence-electron chi connectivity index (χ2n) is 7.92. The first-order valence-corrected chi connectivity index (χ1v) is 10.1. The molecule has 4 rings (SSSR count). The second kappa shape index (κ2) is 8.03. The van der Waals surface area contributed by atoms with Crippen LogP contribution in [0.5, 0.6) is 17.2 Å². The standard InChI is InChI=1S/C23H22F3NO5/c1-30-14-11-18(31-2)20-17(28)13-22(32-19(20)12-14)7-9-27(10-8-22)21(29)15-5-3-4-6-16(15)23(24,25)26/h3-6,11-12H,7-10,13H2,1-2H3. The number of piperidine rings is 1. The van der Waals surface area contributed by atoms with Crippen molar-refractivity contribution in [2.24, 2.45) is 0 Å². The molecule has 0 aromatic heterocycles. The summed E-state index contributed by atoms with van der Waals surface area (Å²) in [6.45, 7) is 0.351. The lowest BCUT2D eigenvalue weighted by Crippen LogP contribution is -2.52. The lowest BCUT2D eigenvalue weighted by Gasteiger charge is -2.44. The number of rotatable bonds is 3. The summed E-state index contributed by atoms with van der Waals surface area (Å²) in [5.41, 5.74) is -1.82. The van der Waals surface area contributed by atoms with Gasteiger partial charge < -0.3 is 19.1 Å². The second-order valence-corrected chi connectivity index (χ2v) is 7.92. The Balaban J connectivity index is 1.55. The Morgan fingerprint density at radius 2 is 1.78 bits per heavy atom. The molecule has 2 aliphatic rings. The summed E-state index contributed by atoms with van der Waals surface area (Å²) >= 11 is 0. The average molecular weight is 449 g/mol. The van der Waals surface area contributed by atoms with E-state index >= 15 is 0 Å². The van der Waals surface area contributed by atoms with Gasteiger partial charge in [0.15, 0.2) is 5.78 Å². The van der Waals surface area contributed by atoms with E-state index in [1.165, 1.54) is 37.3 Å². The zero-order valence-corrected chi connectivity index (χ0v) is 17.6. The third-order valence-electron chi connectivity index (χ3n) is 6.01. The highest BCUT2D eigenvalue weighted by atomic mass is 19.4. The molecule has 2 aromatic rings. The molecule has 0 saturated carbocycles. The Morgan fingerprint density at radius 1 is 1.09 bits per heavy atom. The number of fused-ring (bicyclic) bond motifs is 1. The largest absolute Gasteiger partial charge is 0.496 e. The number of amides is 1. The Kier molecular flexibility index (Phi) is 5.52. The Labute approximate surface area is 182 Å². The molecule has 0 radical (unpaired) electrons. The molecule has 2 aromatic carbocycles. The predicted octanol–water partition coefficient (Wildman–Crippen LogP) is 4.36. The molecule has 32 heavy (non-hydrogen) atoms. The van der Waals surface area contributed by atoms with Gasteiger partial charge in [-0.3, -0.25) is 9.59 Å². The molecule has 0 unspecified atom stereocenters. The zero-order chi connectivity index (χ0) is 23.1. The fourth-order valence-electron chi connectivity index (χ4n) is 4.33. The van der Waals surface area contributed by atoms with Crippen molar-refractivity contribution < 1.29 is 37.0 Å². The average Bonchev–Trinajstić information content (AvgIpc) is 2.77. The lowest BCUT2D eigenvalue weighted by atomic mass is 9.82. The van der Waals surface area contributed by atoms with Crippen LogP contribution in [-0.2, 0) is 6.18 Å².